The van der Waals surface area contributed by atoms with E-state index in [0.29, 0.717) is 26.2 Å². The van der Waals surface area contributed by atoms with Crippen LogP contribution in [0.25, 0.3) is 0 Å². The number of ether oxygens (including phenoxy) is 2. The molecule has 0 bridgehead atoms. The Hall–Kier alpha value is -1.99. The highest BCUT2D eigenvalue weighted by atomic mass is 16.6. The number of aliphatic imine (C=N–C) groups is 1. The number of nitrogens with one attached hydrogen (secondary N) is 1. The van der Waals surface area contributed by atoms with Crippen LogP contribution in [0.1, 0.15) is 40.5 Å². The maximum atomic E-state index is 12.0. The molecule has 0 spiro atoms. The van der Waals surface area contributed by atoms with E-state index in [1.54, 1.807) is 14.1 Å². The summed E-state index contributed by atoms with van der Waals surface area (Å²) in [6.07, 6.45) is 1.41. The first kappa shape index (κ1) is 22.1. The number of nitrogens with zero attached hydrogens (tertiary/aromatic N) is 3. The molecule has 0 aliphatic carbocycles. The van der Waals surface area contributed by atoms with Crippen LogP contribution in [0.4, 0.5) is 4.79 Å². The SMILES string of the molecule is CCOC(=O)C1CCCN(C(=NC)NCCN(C)C(=O)OC(C)(C)C)C1. The van der Waals surface area contributed by atoms with E-state index in [0.717, 1.165) is 25.3 Å². The Balaban J connectivity index is 2.47. The van der Waals surface area contributed by atoms with Gasteiger partial charge in [0.1, 0.15) is 5.60 Å². The van der Waals surface area contributed by atoms with Crippen molar-refractivity contribution in [1.82, 2.24) is 15.1 Å². The molecule has 1 heterocycles. The summed E-state index contributed by atoms with van der Waals surface area (Å²) < 4.78 is 10.5. The van der Waals surface area contributed by atoms with E-state index in [-0.39, 0.29) is 18.0 Å². The minimum atomic E-state index is -0.509. The van der Waals surface area contributed by atoms with Gasteiger partial charge in [0.15, 0.2) is 5.96 Å². The molecule has 1 saturated heterocycles. The van der Waals surface area contributed by atoms with Crippen molar-refractivity contribution in [2.45, 2.75) is 46.1 Å². The minimum Gasteiger partial charge on any atom is -0.466 e. The smallest absolute Gasteiger partial charge is 0.410 e. The van der Waals surface area contributed by atoms with E-state index in [1.807, 2.05) is 27.7 Å². The van der Waals surface area contributed by atoms with E-state index in [1.165, 1.54) is 4.90 Å². The lowest BCUT2D eigenvalue weighted by Gasteiger charge is -2.34. The predicted molar refractivity (Wildman–Crippen MR) is 101 cm³/mol. The van der Waals surface area contributed by atoms with Gasteiger partial charge in [0, 0.05) is 40.3 Å². The number of carbonyl (C=O) groups is 2. The average molecular weight is 370 g/mol. The highest BCUT2D eigenvalue weighted by Gasteiger charge is 2.28. The van der Waals surface area contributed by atoms with Gasteiger partial charge in [-0.1, -0.05) is 0 Å². The normalized spacial score (nSPS) is 18.3. The first-order chi connectivity index (χ1) is 12.2. The largest absolute Gasteiger partial charge is 0.466 e. The fraction of sp³-hybridized carbons (Fsp3) is 0.833. The molecule has 1 N–H and O–H groups in total. The van der Waals surface area contributed by atoms with Crippen LogP contribution in [0.5, 0.6) is 0 Å². The second kappa shape index (κ2) is 10.2. The lowest BCUT2D eigenvalue weighted by Crippen LogP contribution is -2.49. The van der Waals surface area contributed by atoms with Gasteiger partial charge in [0.05, 0.1) is 12.5 Å². The average Bonchev–Trinajstić information content (AvgIpc) is 2.57. The number of hydrogen-bond donors (Lipinski definition) is 1. The van der Waals surface area contributed by atoms with Crippen molar-refractivity contribution < 1.29 is 19.1 Å². The third-order valence-corrected chi connectivity index (χ3v) is 3.99. The zero-order valence-electron chi connectivity index (χ0n) is 17.0. The van der Waals surface area contributed by atoms with Crippen molar-refractivity contribution >= 4 is 18.0 Å². The summed E-state index contributed by atoms with van der Waals surface area (Å²) >= 11 is 0. The maximum absolute atomic E-state index is 12.0. The lowest BCUT2D eigenvalue weighted by molar-refractivity contribution is -0.149. The van der Waals surface area contributed by atoms with Crippen LogP contribution in [0, 0.1) is 5.92 Å². The van der Waals surface area contributed by atoms with E-state index >= 15 is 0 Å². The third kappa shape index (κ3) is 7.49. The Morgan fingerprint density at radius 1 is 1.35 bits per heavy atom. The number of carbonyl (C=O) groups excluding carboxylic acids is 2. The highest BCUT2D eigenvalue weighted by molar-refractivity contribution is 5.81. The molecule has 0 aromatic rings. The molecule has 150 valence electrons. The van der Waals surface area contributed by atoms with Gasteiger partial charge in [-0.25, -0.2) is 4.79 Å². The van der Waals surface area contributed by atoms with Gasteiger partial charge in [-0.2, -0.15) is 0 Å². The Kier molecular flexibility index (Phi) is 8.68. The first-order valence-electron chi connectivity index (χ1n) is 9.24. The van der Waals surface area contributed by atoms with Crippen LogP contribution in [0.2, 0.25) is 0 Å². The molecule has 0 aromatic carbocycles. The number of likely N-dealkylation sites (N-methyl/N-ethyl adjacent to an activating group) is 1. The summed E-state index contributed by atoms with van der Waals surface area (Å²) in [6.45, 7) is 10.2. The van der Waals surface area contributed by atoms with Crippen molar-refractivity contribution in [3.8, 4) is 0 Å². The molecule has 8 nitrogen and oxygen atoms in total. The van der Waals surface area contributed by atoms with Crippen molar-refractivity contribution in [3.05, 3.63) is 0 Å². The third-order valence-electron chi connectivity index (χ3n) is 3.99. The summed E-state index contributed by atoms with van der Waals surface area (Å²) in [7, 11) is 3.42. The summed E-state index contributed by atoms with van der Waals surface area (Å²) in [5, 5.41) is 3.25. The second-order valence-corrected chi connectivity index (χ2v) is 7.41. The number of guanidine groups is 1. The number of hydrogen-bond acceptors (Lipinski definition) is 5. The van der Waals surface area contributed by atoms with Crippen molar-refractivity contribution in [2.24, 2.45) is 10.9 Å². The lowest BCUT2D eigenvalue weighted by atomic mass is 9.98. The molecule has 1 atom stereocenters. The number of esters is 1. The van der Waals surface area contributed by atoms with Gasteiger partial charge >= 0.3 is 12.1 Å². The maximum Gasteiger partial charge on any atom is 0.410 e. The van der Waals surface area contributed by atoms with Crippen LogP contribution in [0.15, 0.2) is 4.99 Å². The first-order valence-corrected chi connectivity index (χ1v) is 9.24. The minimum absolute atomic E-state index is 0.119. The van der Waals surface area contributed by atoms with E-state index in [4.69, 9.17) is 9.47 Å². The fourth-order valence-electron chi connectivity index (χ4n) is 2.72. The van der Waals surface area contributed by atoms with Crippen LogP contribution < -0.4 is 5.32 Å². The van der Waals surface area contributed by atoms with E-state index in [9.17, 15) is 9.59 Å². The highest BCUT2D eigenvalue weighted by Crippen LogP contribution is 2.18. The molecule has 0 saturated carbocycles. The van der Waals surface area contributed by atoms with Gasteiger partial charge in [-0.3, -0.25) is 9.79 Å². The molecule has 1 rings (SSSR count). The molecule has 1 unspecified atom stereocenters. The van der Waals surface area contributed by atoms with Crippen molar-refractivity contribution in [1.29, 1.82) is 0 Å². The van der Waals surface area contributed by atoms with Gasteiger partial charge in [0.2, 0.25) is 0 Å². The Morgan fingerprint density at radius 3 is 2.62 bits per heavy atom. The summed E-state index contributed by atoms with van der Waals surface area (Å²) in [5.41, 5.74) is -0.509. The van der Waals surface area contributed by atoms with E-state index in [2.05, 4.69) is 15.2 Å². The van der Waals surface area contributed by atoms with Gasteiger partial charge in [-0.05, 0) is 40.5 Å². The van der Waals surface area contributed by atoms with Crippen LogP contribution in [-0.4, -0.2) is 80.3 Å². The Bertz CT molecular complexity index is 502. The summed E-state index contributed by atoms with van der Waals surface area (Å²) in [4.78, 5) is 31.8. The second-order valence-electron chi connectivity index (χ2n) is 7.41. The van der Waals surface area contributed by atoms with Crippen LogP contribution in [0.3, 0.4) is 0 Å². The van der Waals surface area contributed by atoms with Gasteiger partial charge in [-0.15, -0.1) is 0 Å². The molecule has 1 aliphatic heterocycles. The predicted octanol–water partition coefficient (Wildman–Crippen LogP) is 1.70. The molecule has 1 aliphatic rings. The molecule has 8 heteroatoms. The van der Waals surface area contributed by atoms with Gasteiger partial charge < -0.3 is 24.6 Å². The molecular formula is C18H34N4O4. The Morgan fingerprint density at radius 2 is 2.04 bits per heavy atom. The topological polar surface area (TPSA) is 83.5 Å². The quantitative estimate of drug-likeness (QED) is 0.451. The summed E-state index contributed by atoms with van der Waals surface area (Å²) in [5.74, 6) is 0.473. The monoisotopic (exact) mass is 370 g/mol. The number of rotatable bonds is 5. The number of amides is 1. The molecule has 26 heavy (non-hydrogen) atoms. The fourth-order valence-corrected chi connectivity index (χ4v) is 2.72. The van der Waals surface area contributed by atoms with E-state index < -0.39 is 5.60 Å². The van der Waals surface area contributed by atoms with Crippen molar-refractivity contribution in [2.75, 3.05) is 46.9 Å². The zero-order chi connectivity index (χ0) is 19.7. The van der Waals surface area contributed by atoms with Crippen molar-refractivity contribution in [3.63, 3.8) is 0 Å². The zero-order valence-corrected chi connectivity index (χ0v) is 17.0. The van der Waals surface area contributed by atoms with Crippen LogP contribution >= 0.6 is 0 Å². The molecule has 1 fully saturated rings. The summed E-state index contributed by atoms with van der Waals surface area (Å²) in [6, 6.07) is 0. The molecule has 1 amide bonds. The molecule has 0 radical (unpaired) electrons. The van der Waals surface area contributed by atoms with Crippen LogP contribution in [-0.2, 0) is 14.3 Å². The standard InChI is InChI=1S/C18H34N4O4/c1-7-25-15(23)14-9-8-11-22(13-14)16(19-5)20-10-12-21(6)17(24)26-18(2,3)4/h14H,7-13H2,1-6H3,(H,19,20). The number of piperidine rings is 1. The molecule has 0 aromatic heterocycles. The molecular weight excluding hydrogens is 336 g/mol. The Labute approximate surface area is 156 Å². The van der Waals surface area contributed by atoms with Gasteiger partial charge in [0.25, 0.3) is 0 Å². The number of likely N-dealkylation sites (tertiary alicyclic amines) is 1.